The van der Waals surface area contributed by atoms with Gasteiger partial charge in [-0.2, -0.15) is 0 Å². The standard InChI is InChI=1S/C18H30N4O6/c1-7-11(23)8-21-14(26)18(4,5)22(16(21)28)10-12(24)9-20-13(25)17(2,3)19(6)15(20)27/h11-12,23-24H,7-10H2,1-6H3. The Bertz CT molecular complexity index is 692. The van der Waals surface area contributed by atoms with Crippen LogP contribution in [0.2, 0.25) is 0 Å². The van der Waals surface area contributed by atoms with Crippen molar-refractivity contribution in [2.45, 2.75) is 64.3 Å². The number of nitrogens with zero attached hydrogens (tertiary/aromatic N) is 4. The molecule has 6 amide bonds. The van der Waals surface area contributed by atoms with Gasteiger partial charge in [0.15, 0.2) is 0 Å². The van der Waals surface area contributed by atoms with Crippen LogP contribution in [0.5, 0.6) is 0 Å². The highest BCUT2D eigenvalue weighted by Gasteiger charge is 2.53. The monoisotopic (exact) mass is 398 g/mol. The predicted octanol–water partition coefficient (Wildman–Crippen LogP) is -0.166. The van der Waals surface area contributed by atoms with E-state index in [0.29, 0.717) is 6.42 Å². The lowest BCUT2D eigenvalue weighted by Gasteiger charge is -2.30. The smallest absolute Gasteiger partial charge is 0.327 e. The van der Waals surface area contributed by atoms with Crippen LogP contribution in [0.25, 0.3) is 0 Å². The van der Waals surface area contributed by atoms with E-state index in [9.17, 15) is 29.4 Å². The van der Waals surface area contributed by atoms with Crippen molar-refractivity contribution >= 4 is 23.9 Å². The second kappa shape index (κ2) is 7.32. The number of rotatable bonds is 7. The Morgan fingerprint density at radius 3 is 1.71 bits per heavy atom. The molecule has 0 aromatic heterocycles. The first-order chi connectivity index (χ1) is 12.8. The quantitative estimate of drug-likeness (QED) is 0.575. The summed E-state index contributed by atoms with van der Waals surface area (Å²) in [5.41, 5.74) is -2.22. The molecule has 0 aromatic rings. The summed E-state index contributed by atoms with van der Waals surface area (Å²) >= 11 is 0. The van der Waals surface area contributed by atoms with E-state index >= 15 is 0 Å². The van der Waals surface area contributed by atoms with Crippen molar-refractivity contribution in [3.05, 3.63) is 0 Å². The summed E-state index contributed by atoms with van der Waals surface area (Å²) in [5.74, 6) is -0.902. The summed E-state index contributed by atoms with van der Waals surface area (Å²) in [4.78, 5) is 54.5. The number of amides is 6. The molecule has 2 N–H and O–H groups in total. The van der Waals surface area contributed by atoms with Crippen LogP contribution in [0.4, 0.5) is 9.59 Å². The lowest BCUT2D eigenvalue weighted by atomic mass is 10.0. The van der Waals surface area contributed by atoms with Crippen LogP contribution >= 0.6 is 0 Å². The molecule has 0 spiro atoms. The first kappa shape index (κ1) is 22.1. The zero-order valence-corrected chi connectivity index (χ0v) is 17.3. The number of hydrogen-bond donors (Lipinski definition) is 2. The number of imide groups is 2. The maximum Gasteiger partial charge on any atom is 0.327 e. The molecule has 2 aliphatic heterocycles. The van der Waals surface area contributed by atoms with Crippen LogP contribution in [0.1, 0.15) is 41.0 Å². The number of carbonyl (C=O) groups is 4. The highest BCUT2D eigenvalue weighted by Crippen LogP contribution is 2.29. The molecule has 158 valence electrons. The molecule has 10 nitrogen and oxygen atoms in total. The van der Waals surface area contributed by atoms with E-state index in [1.165, 1.54) is 16.8 Å². The number of likely N-dealkylation sites (N-methyl/N-ethyl adjacent to an activating group) is 1. The molecular weight excluding hydrogens is 368 g/mol. The molecule has 0 bridgehead atoms. The maximum absolute atomic E-state index is 12.7. The van der Waals surface area contributed by atoms with Gasteiger partial charge >= 0.3 is 12.1 Å². The zero-order chi connectivity index (χ0) is 21.6. The number of carbonyl (C=O) groups excluding carboxylic acids is 4. The first-order valence-electron chi connectivity index (χ1n) is 9.36. The molecular formula is C18H30N4O6. The van der Waals surface area contributed by atoms with Crippen molar-refractivity contribution in [3.63, 3.8) is 0 Å². The van der Waals surface area contributed by atoms with Gasteiger partial charge in [0.05, 0.1) is 31.8 Å². The van der Waals surface area contributed by atoms with Gasteiger partial charge in [-0.1, -0.05) is 6.92 Å². The van der Waals surface area contributed by atoms with E-state index in [1.807, 2.05) is 0 Å². The first-order valence-corrected chi connectivity index (χ1v) is 9.36. The van der Waals surface area contributed by atoms with E-state index in [2.05, 4.69) is 0 Å². The molecule has 2 rings (SSSR count). The van der Waals surface area contributed by atoms with Crippen molar-refractivity contribution in [1.29, 1.82) is 0 Å². The van der Waals surface area contributed by atoms with Gasteiger partial charge in [0.25, 0.3) is 11.8 Å². The third-order valence-electron chi connectivity index (χ3n) is 5.68. The predicted molar refractivity (Wildman–Crippen MR) is 99.1 cm³/mol. The summed E-state index contributed by atoms with van der Waals surface area (Å²) in [6.45, 7) is 7.46. The average Bonchev–Trinajstić information content (AvgIpc) is 2.86. The van der Waals surface area contributed by atoms with E-state index in [-0.39, 0.29) is 19.6 Å². The molecule has 2 atom stereocenters. The minimum atomic E-state index is -1.22. The van der Waals surface area contributed by atoms with Crippen LogP contribution in [0.15, 0.2) is 0 Å². The van der Waals surface area contributed by atoms with Crippen LogP contribution in [-0.4, -0.2) is 104 Å². The van der Waals surface area contributed by atoms with E-state index in [1.54, 1.807) is 34.6 Å². The van der Waals surface area contributed by atoms with Gasteiger partial charge in [-0.3, -0.25) is 19.4 Å². The largest absolute Gasteiger partial charge is 0.391 e. The van der Waals surface area contributed by atoms with Crippen LogP contribution in [0, 0.1) is 0 Å². The molecule has 2 fully saturated rings. The lowest BCUT2D eigenvalue weighted by Crippen LogP contribution is -2.50. The molecule has 10 heteroatoms. The zero-order valence-electron chi connectivity index (χ0n) is 17.3. The summed E-state index contributed by atoms with van der Waals surface area (Å²) in [5, 5.41) is 20.3. The number of aliphatic hydroxyl groups is 2. The van der Waals surface area contributed by atoms with E-state index in [4.69, 9.17) is 0 Å². The van der Waals surface area contributed by atoms with Crippen LogP contribution in [-0.2, 0) is 9.59 Å². The molecule has 0 aromatic carbocycles. The van der Waals surface area contributed by atoms with Crippen molar-refractivity contribution in [1.82, 2.24) is 19.6 Å². The normalized spacial score (nSPS) is 23.9. The van der Waals surface area contributed by atoms with Gasteiger partial charge in [0, 0.05) is 7.05 Å². The third kappa shape index (κ3) is 3.46. The summed E-state index contributed by atoms with van der Waals surface area (Å²) in [6, 6.07) is -1.14. The van der Waals surface area contributed by atoms with Crippen LogP contribution in [0.3, 0.4) is 0 Å². The minimum Gasteiger partial charge on any atom is -0.391 e. The average molecular weight is 398 g/mol. The summed E-state index contributed by atoms with van der Waals surface area (Å²) in [6.07, 6.45) is -1.66. The van der Waals surface area contributed by atoms with Gasteiger partial charge in [0.2, 0.25) is 0 Å². The molecule has 28 heavy (non-hydrogen) atoms. The molecule has 2 saturated heterocycles. The molecule has 0 radical (unpaired) electrons. The fourth-order valence-corrected chi connectivity index (χ4v) is 3.35. The highest BCUT2D eigenvalue weighted by molar-refractivity contribution is 6.07. The lowest BCUT2D eigenvalue weighted by molar-refractivity contribution is -0.134. The minimum absolute atomic E-state index is 0.119. The van der Waals surface area contributed by atoms with Gasteiger partial charge in [0.1, 0.15) is 11.1 Å². The summed E-state index contributed by atoms with van der Waals surface area (Å²) < 4.78 is 0. The third-order valence-corrected chi connectivity index (χ3v) is 5.68. The second-order valence-electron chi connectivity index (χ2n) is 8.40. The molecule has 2 heterocycles. The van der Waals surface area contributed by atoms with Gasteiger partial charge in [-0.05, 0) is 34.1 Å². The van der Waals surface area contributed by atoms with E-state index in [0.717, 1.165) is 9.80 Å². The second-order valence-corrected chi connectivity index (χ2v) is 8.40. The van der Waals surface area contributed by atoms with Crippen molar-refractivity contribution in [2.75, 3.05) is 26.7 Å². The maximum atomic E-state index is 12.7. The topological polar surface area (TPSA) is 122 Å². The fraction of sp³-hybridized carbons (Fsp3) is 0.778. The van der Waals surface area contributed by atoms with Crippen molar-refractivity contribution in [3.8, 4) is 0 Å². The molecule has 0 saturated carbocycles. The Labute approximate surface area is 164 Å². The Morgan fingerprint density at radius 1 is 0.786 bits per heavy atom. The number of aliphatic hydroxyl groups excluding tert-OH is 2. The van der Waals surface area contributed by atoms with Gasteiger partial charge < -0.3 is 20.0 Å². The fourth-order valence-electron chi connectivity index (χ4n) is 3.35. The molecule has 2 unspecified atom stereocenters. The molecule has 2 aliphatic rings. The van der Waals surface area contributed by atoms with Gasteiger partial charge in [-0.15, -0.1) is 0 Å². The number of urea groups is 2. The van der Waals surface area contributed by atoms with Crippen molar-refractivity contribution < 1.29 is 29.4 Å². The Morgan fingerprint density at radius 2 is 1.25 bits per heavy atom. The number of hydrogen-bond acceptors (Lipinski definition) is 6. The Balaban J connectivity index is 2.12. The van der Waals surface area contributed by atoms with E-state index < -0.39 is 47.2 Å². The highest BCUT2D eigenvalue weighted by atomic mass is 16.3. The molecule has 0 aliphatic carbocycles. The van der Waals surface area contributed by atoms with Crippen LogP contribution < -0.4 is 0 Å². The van der Waals surface area contributed by atoms with Crippen molar-refractivity contribution in [2.24, 2.45) is 0 Å². The Hall–Kier alpha value is -2.20. The SMILES string of the molecule is CCC(O)CN1C(=O)N(CC(O)CN2C(=O)N(C)C(C)(C)C2=O)C(C)(C)C1=O. The Kier molecular flexibility index (Phi) is 5.78. The number of β-amino-alcohol motifs (C(OH)–C–C–N with tert-alkyl or cyclic N) is 2. The van der Waals surface area contributed by atoms with Gasteiger partial charge in [-0.25, -0.2) is 9.59 Å². The summed E-state index contributed by atoms with van der Waals surface area (Å²) in [7, 11) is 1.51.